The summed E-state index contributed by atoms with van der Waals surface area (Å²) in [5.41, 5.74) is 0.761. The lowest BCUT2D eigenvalue weighted by Crippen LogP contribution is -2.36. The molecule has 134 valence electrons. The van der Waals surface area contributed by atoms with Gasteiger partial charge in [0.25, 0.3) is 0 Å². The van der Waals surface area contributed by atoms with E-state index in [4.69, 9.17) is 4.74 Å². The molecule has 0 radical (unpaired) electrons. The number of rotatable bonds is 6. The van der Waals surface area contributed by atoms with E-state index in [1.807, 2.05) is 12.1 Å². The molecule has 3 rings (SSSR count). The van der Waals surface area contributed by atoms with Gasteiger partial charge < -0.3 is 14.6 Å². The number of H-pyrrole nitrogens is 1. The second-order valence-electron chi connectivity index (χ2n) is 6.83. The monoisotopic (exact) mass is 342 g/mol. The van der Waals surface area contributed by atoms with Crippen LogP contribution < -0.4 is 5.56 Å². The maximum absolute atomic E-state index is 12.5. The average Bonchev–Trinajstić information content (AvgIpc) is 2.64. The number of ether oxygens (including phenoxy) is 1. The predicted molar refractivity (Wildman–Crippen MR) is 98.9 cm³/mol. The summed E-state index contributed by atoms with van der Waals surface area (Å²) in [5, 5.41) is 0.832. The van der Waals surface area contributed by atoms with Gasteiger partial charge in [-0.15, -0.1) is 0 Å². The van der Waals surface area contributed by atoms with Crippen molar-refractivity contribution in [1.82, 2.24) is 9.88 Å². The maximum atomic E-state index is 12.5. The van der Waals surface area contributed by atoms with Gasteiger partial charge in [-0.1, -0.05) is 25.5 Å². The van der Waals surface area contributed by atoms with Crippen LogP contribution in [0.1, 0.15) is 43.0 Å². The summed E-state index contributed by atoms with van der Waals surface area (Å²) >= 11 is 0. The minimum Gasteiger partial charge on any atom is -0.462 e. The lowest BCUT2D eigenvalue weighted by atomic mass is 9.97. The van der Waals surface area contributed by atoms with Crippen LogP contribution in [-0.2, 0) is 4.74 Å². The molecule has 2 aromatic rings. The minimum atomic E-state index is -0.360. The van der Waals surface area contributed by atoms with Gasteiger partial charge in [0.05, 0.1) is 17.7 Å². The highest BCUT2D eigenvalue weighted by molar-refractivity contribution is 6.02. The standard InChI is InChI=1S/C20H26N2O3/c1-2-3-11-22-12-9-15(10-13-22)14-25-20(24)17-6-4-5-16-7-8-18(23)21-19(16)17/h4-8,15H,2-3,9-14H2,1H3,(H,21,23). The van der Waals surface area contributed by atoms with E-state index in [0.717, 1.165) is 31.3 Å². The summed E-state index contributed by atoms with van der Waals surface area (Å²) in [4.78, 5) is 29.3. The van der Waals surface area contributed by atoms with Crippen LogP contribution in [0.3, 0.4) is 0 Å². The van der Waals surface area contributed by atoms with E-state index >= 15 is 0 Å². The number of nitrogens with one attached hydrogen (secondary N) is 1. The molecule has 1 aliphatic rings. The third kappa shape index (κ3) is 4.48. The van der Waals surface area contributed by atoms with Crippen molar-refractivity contribution in [3.63, 3.8) is 0 Å². The van der Waals surface area contributed by atoms with Crippen LogP contribution in [0.25, 0.3) is 10.9 Å². The zero-order chi connectivity index (χ0) is 17.6. The first-order valence-electron chi connectivity index (χ1n) is 9.19. The minimum absolute atomic E-state index is 0.216. The number of aromatic nitrogens is 1. The highest BCUT2D eigenvalue weighted by atomic mass is 16.5. The number of piperidine rings is 1. The number of para-hydroxylation sites is 1. The Kier molecular flexibility index (Phi) is 5.87. The molecule has 0 spiro atoms. The summed E-state index contributed by atoms with van der Waals surface area (Å²) in [6, 6.07) is 8.56. The number of carbonyl (C=O) groups is 1. The van der Waals surface area contributed by atoms with E-state index in [1.54, 1.807) is 12.1 Å². The molecule has 1 aromatic heterocycles. The summed E-state index contributed by atoms with van der Waals surface area (Å²) in [6.45, 7) is 6.01. The van der Waals surface area contributed by atoms with Crippen molar-refractivity contribution in [3.8, 4) is 0 Å². The van der Waals surface area contributed by atoms with Crippen molar-refractivity contribution in [2.75, 3.05) is 26.2 Å². The van der Waals surface area contributed by atoms with Crippen molar-refractivity contribution < 1.29 is 9.53 Å². The molecule has 0 aliphatic carbocycles. The molecule has 5 heteroatoms. The third-order valence-electron chi connectivity index (χ3n) is 4.96. The molecule has 0 saturated carbocycles. The van der Waals surface area contributed by atoms with Gasteiger partial charge in [-0.3, -0.25) is 4.79 Å². The van der Waals surface area contributed by atoms with Gasteiger partial charge in [-0.05, 0) is 62.3 Å². The molecule has 1 aliphatic heterocycles. The lowest BCUT2D eigenvalue weighted by Gasteiger charge is -2.31. The van der Waals surface area contributed by atoms with Gasteiger partial charge >= 0.3 is 5.97 Å². The van der Waals surface area contributed by atoms with Crippen molar-refractivity contribution >= 4 is 16.9 Å². The number of aromatic amines is 1. The number of esters is 1. The molecular weight excluding hydrogens is 316 g/mol. The number of benzene rings is 1. The number of fused-ring (bicyclic) bond motifs is 1. The number of pyridine rings is 1. The van der Waals surface area contributed by atoms with Crippen molar-refractivity contribution in [3.05, 3.63) is 46.2 Å². The fraction of sp³-hybridized carbons (Fsp3) is 0.500. The quantitative estimate of drug-likeness (QED) is 0.819. The molecule has 0 unspecified atom stereocenters. The largest absolute Gasteiger partial charge is 0.462 e. The van der Waals surface area contributed by atoms with E-state index in [1.165, 1.54) is 25.5 Å². The first-order valence-corrected chi connectivity index (χ1v) is 9.19. The summed E-state index contributed by atoms with van der Waals surface area (Å²) in [7, 11) is 0. The molecule has 0 atom stereocenters. The Bertz CT molecular complexity index is 776. The summed E-state index contributed by atoms with van der Waals surface area (Å²) in [6.07, 6.45) is 4.62. The first kappa shape index (κ1) is 17.7. The Morgan fingerprint density at radius 1 is 1.24 bits per heavy atom. The van der Waals surface area contributed by atoms with E-state index in [2.05, 4.69) is 16.8 Å². The van der Waals surface area contributed by atoms with Gasteiger partial charge in [0.15, 0.2) is 0 Å². The molecule has 1 fully saturated rings. The Morgan fingerprint density at radius 3 is 2.80 bits per heavy atom. The van der Waals surface area contributed by atoms with Crippen molar-refractivity contribution in [2.45, 2.75) is 32.6 Å². The lowest BCUT2D eigenvalue weighted by molar-refractivity contribution is 0.0374. The van der Waals surface area contributed by atoms with Crippen LogP contribution >= 0.6 is 0 Å². The average molecular weight is 342 g/mol. The van der Waals surface area contributed by atoms with Crippen molar-refractivity contribution in [1.29, 1.82) is 0 Å². The number of carbonyl (C=O) groups excluding carboxylic acids is 1. The fourth-order valence-electron chi connectivity index (χ4n) is 3.38. The molecule has 5 nitrogen and oxygen atoms in total. The van der Waals surface area contributed by atoms with Gasteiger partial charge in [-0.25, -0.2) is 4.79 Å². The third-order valence-corrected chi connectivity index (χ3v) is 4.96. The number of likely N-dealkylation sites (tertiary alicyclic amines) is 1. The molecule has 1 saturated heterocycles. The van der Waals surface area contributed by atoms with Crippen LogP contribution in [0.15, 0.2) is 35.1 Å². The Labute approximate surface area is 148 Å². The van der Waals surface area contributed by atoms with Crippen LogP contribution in [0, 0.1) is 5.92 Å². The molecule has 0 bridgehead atoms. The molecule has 0 amide bonds. The molecule has 1 N–H and O–H groups in total. The molecular formula is C20H26N2O3. The Morgan fingerprint density at radius 2 is 2.04 bits per heavy atom. The number of hydrogen-bond donors (Lipinski definition) is 1. The van der Waals surface area contributed by atoms with Crippen LogP contribution in [0.5, 0.6) is 0 Å². The van der Waals surface area contributed by atoms with Gasteiger partial charge in [0, 0.05) is 6.07 Å². The zero-order valence-corrected chi connectivity index (χ0v) is 14.8. The Balaban J connectivity index is 1.57. The van der Waals surface area contributed by atoms with Crippen LogP contribution in [0.2, 0.25) is 0 Å². The normalized spacial score (nSPS) is 16.2. The van der Waals surface area contributed by atoms with Gasteiger partial charge in [0.1, 0.15) is 0 Å². The van der Waals surface area contributed by atoms with Crippen LogP contribution in [0.4, 0.5) is 0 Å². The SMILES string of the molecule is CCCCN1CCC(COC(=O)c2cccc3ccc(=O)[nH]c23)CC1. The second-order valence-corrected chi connectivity index (χ2v) is 6.83. The van der Waals surface area contributed by atoms with Gasteiger partial charge in [-0.2, -0.15) is 0 Å². The number of hydrogen-bond acceptors (Lipinski definition) is 4. The molecule has 25 heavy (non-hydrogen) atoms. The van der Waals surface area contributed by atoms with Crippen molar-refractivity contribution in [2.24, 2.45) is 5.92 Å². The summed E-state index contributed by atoms with van der Waals surface area (Å²) < 4.78 is 5.55. The molecule has 1 aromatic carbocycles. The second kappa shape index (κ2) is 8.30. The fourth-order valence-corrected chi connectivity index (χ4v) is 3.38. The zero-order valence-electron chi connectivity index (χ0n) is 14.8. The number of nitrogens with zero attached hydrogens (tertiary/aromatic N) is 1. The van der Waals surface area contributed by atoms with Crippen LogP contribution in [-0.4, -0.2) is 42.1 Å². The van der Waals surface area contributed by atoms with Gasteiger partial charge in [0.2, 0.25) is 5.56 Å². The van der Waals surface area contributed by atoms with E-state index in [9.17, 15) is 9.59 Å². The molecule has 2 heterocycles. The summed E-state index contributed by atoms with van der Waals surface area (Å²) in [5.74, 6) is 0.0664. The predicted octanol–water partition coefficient (Wildman–Crippen LogP) is 3.20. The number of unbranched alkanes of at least 4 members (excludes halogenated alkanes) is 1. The highest BCUT2D eigenvalue weighted by Crippen LogP contribution is 2.20. The maximum Gasteiger partial charge on any atom is 0.340 e. The van der Waals surface area contributed by atoms with E-state index in [-0.39, 0.29) is 11.5 Å². The topological polar surface area (TPSA) is 62.4 Å². The highest BCUT2D eigenvalue weighted by Gasteiger charge is 2.21. The Hall–Kier alpha value is -2.14. The van der Waals surface area contributed by atoms with E-state index < -0.39 is 0 Å². The van der Waals surface area contributed by atoms with E-state index in [0.29, 0.717) is 23.6 Å². The smallest absolute Gasteiger partial charge is 0.340 e. The first-order chi connectivity index (χ1) is 12.2.